The first-order valence-corrected chi connectivity index (χ1v) is 12.4. The molecule has 0 aliphatic heterocycles. The summed E-state index contributed by atoms with van der Waals surface area (Å²) in [4.78, 5) is 23.9. The Balaban J connectivity index is 1.25. The van der Waals surface area contributed by atoms with E-state index in [0.717, 1.165) is 42.4 Å². The molecule has 0 saturated heterocycles. The zero-order valence-corrected chi connectivity index (χ0v) is 21.5. The molecule has 1 aromatic heterocycles. The highest BCUT2D eigenvalue weighted by atomic mass is 16.5. The van der Waals surface area contributed by atoms with E-state index in [-0.39, 0.29) is 30.0 Å². The van der Waals surface area contributed by atoms with Crippen LogP contribution in [0.15, 0.2) is 48.5 Å². The van der Waals surface area contributed by atoms with Crippen LogP contribution in [0.3, 0.4) is 0 Å². The van der Waals surface area contributed by atoms with Crippen molar-refractivity contribution in [2.24, 2.45) is 0 Å². The third kappa shape index (κ3) is 6.41. The maximum Gasteiger partial charge on any atom is 0.258 e. The van der Waals surface area contributed by atoms with Gasteiger partial charge in [-0.05, 0) is 60.9 Å². The summed E-state index contributed by atoms with van der Waals surface area (Å²) in [7, 11) is 3.99. The monoisotopic (exact) mass is 475 g/mol. The van der Waals surface area contributed by atoms with Crippen molar-refractivity contribution in [1.82, 2.24) is 15.3 Å². The van der Waals surface area contributed by atoms with Crippen LogP contribution < -0.4 is 20.3 Å². The number of hydrogen-bond donors (Lipinski definition) is 2. The summed E-state index contributed by atoms with van der Waals surface area (Å²) in [5.74, 6) is 2.21. The van der Waals surface area contributed by atoms with Gasteiger partial charge >= 0.3 is 0 Å². The Morgan fingerprint density at radius 3 is 2.29 bits per heavy atom. The van der Waals surface area contributed by atoms with E-state index in [2.05, 4.69) is 43.5 Å². The number of nitrogens with one attached hydrogen (secondary N) is 2. The lowest BCUT2D eigenvalue weighted by Gasteiger charge is -2.30. The average molecular weight is 476 g/mol. The maximum atomic E-state index is 12.4. The number of ether oxygens (including phenoxy) is 1. The highest BCUT2D eigenvalue weighted by Crippen LogP contribution is 2.27. The largest absolute Gasteiger partial charge is 0.484 e. The number of para-hydroxylation sites is 1. The number of benzene rings is 2. The summed E-state index contributed by atoms with van der Waals surface area (Å²) in [5.41, 5.74) is 2.27. The molecule has 35 heavy (non-hydrogen) atoms. The molecule has 4 rings (SSSR count). The number of nitrogens with zero attached hydrogens (tertiary/aromatic N) is 3. The average Bonchev–Trinajstić information content (AvgIpc) is 2.83. The molecule has 1 aliphatic carbocycles. The van der Waals surface area contributed by atoms with Gasteiger partial charge in [0, 0.05) is 31.6 Å². The third-order valence-electron chi connectivity index (χ3n) is 6.52. The summed E-state index contributed by atoms with van der Waals surface area (Å²) < 4.78 is 5.70. The van der Waals surface area contributed by atoms with Crippen LogP contribution in [0.5, 0.6) is 5.75 Å². The normalized spacial score (nSPS) is 18.2. The third-order valence-corrected chi connectivity index (χ3v) is 6.52. The standard InChI is InChI=1S/C28H37N5O2/c1-28(2,3)19-10-16-22(17-11-19)35-18-25(34)29-20-12-14-21(15-13-20)30-27-31-24-9-7-6-8-23(24)26(32-27)33(4)5/h6-11,16-17,20-21H,12-15,18H2,1-5H3,(H,29,34)(H,30,31,32)/t20-,21+. The molecule has 2 aromatic carbocycles. The van der Waals surface area contributed by atoms with Crippen LogP contribution in [0.1, 0.15) is 52.0 Å². The number of hydrogen-bond acceptors (Lipinski definition) is 6. The molecule has 0 radical (unpaired) electrons. The van der Waals surface area contributed by atoms with Gasteiger partial charge in [-0.15, -0.1) is 0 Å². The molecule has 0 unspecified atom stereocenters. The van der Waals surface area contributed by atoms with Crippen molar-refractivity contribution in [2.75, 3.05) is 30.9 Å². The van der Waals surface area contributed by atoms with E-state index in [1.165, 1.54) is 5.56 Å². The van der Waals surface area contributed by atoms with Crippen LogP contribution >= 0.6 is 0 Å². The highest BCUT2D eigenvalue weighted by molar-refractivity contribution is 5.90. The van der Waals surface area contributed by atoms with Gasteiger partial charge in [-0.25, -0.2) is 4.98 Å². The van der Waals surface area contributed by atoms with E-state index in [0.29, 0.717) is 11.7 Å². The van der Waals surface area contributed by atoms with Gasteiger partial charge in [0.25, 0.3) is 5.91 Å². The summed E-state index contributed by atoms with van der Waals surface area (Å²) >= 11 is 0. The van der Waals surface area contributed by atoms with Crippen LogP contribution in [0, 0.1) is 0 Å². The molecule has 7 heteroatoms. The van der Waals surface area contributed by atoms with Crippen LogP contribution in [-0.4, -0.2) is 48.7 Å². The number of fused-ring (bicyclic) bond motifs is 1. The van der Waals surface area contributed by atoms with E-state index < -0.39 is 0 Å². The Bertz CT molecular complexity index is 1150. The molecule has 1 aliphatic rings. The number of amides is 1. The fourth-order valence-electron chi connectivity index (χ4n) is 4.50. The molecule has 1 heterocycles. The van der Waals surface area contributed by atoms with Crippen molar-refractivity contribution >= 4 is 28.6 Å². The van der Waals surface area contributed by atoms with Crippen molar-refractivity contribution in [3.8, 4) is 5.75 Å². The fourth-order valence-corrected chi connectivity index (χ4v) is 4.50. The van der Waals surface area contributed by atoms with Crippen LogP contribution in [0.25, 0.3) is 10.9 Å². The molecule has 1 amide bonds. The molecular formula is C28H37N5O2. The number of carbonyl (C=O) groups excluding carboxylic acids is 1. The lowest BCUT2D eigenvalue weighted by Crippen LogP contribution is -2.42. The summed E-state index contributed by atoms with van der Waals surface area (Å²) in [5, 5.41) is 7.69. The Hall–Kier alpha value is -3.35. The minimum Gasteiger partial charge on any atom is -0.484 e. The van der Waals surface area contributed by atoms with Crippen LogP contribution in [0.2, 0.25) is 0 Å². The van der Waals surface area contributed by atoms with Crippen LogP contribution in [0.4, 0.5) is 11.8 Å². The summed E-state index contributed by atoms with van der Waals surface area (Å²) in [6.07, 6.45) is 3.73. The molecule has 0 bridgehead atoms. The maximum absolute atomic E-state index is 12.4. The summed E-state index contributed by atoms with van der Waals surface area (Å²) in [6, 6.07) is 16.5. The second kappa shape index (κ2) is 10.5. The van der Waals surface area contributed by atoms with E-state index in [4.69, 9.17) is 14.7 Å². The Morgan fingerprint density at radius 1 is 0.971 bits per heavy atom. The van der Waals surface area contributed by atoms with Crippen molar-refractivity contribution in [2.45, 2.75) is 64.0 Å². The molecule has 0 atom stereocenters. The second-order valence-electron chi connectivity index (χ2n) is 10.6. The van der Waals surface area contributed by atoms with Crippen molar-refractivity contribution < 1.29 is 9.53 Å². The van der Waals surface area contributed by atoms with Crippen LogP contribution in [-0.2, 0) is 10.2 Å². The number of rotatable bonds is 7. The van der Waals surface area contributed by atoms with E-state index in [1.807, 2.05) is 55.4 Å². The number of carbonyl (C=O) groups is 1. The SMILES string of the molecule is CN(C)c1nc(N[C@H]2CC[C@@H](NC(=O)COc3ccc(C(C)(C)C)cc3)CC2)nc2ccccc12. The molecule has 1 fully saturated rings. The first-order valence-electron chi connectivity index (χ1n) is 12.4. The van der Waals surface area contributed by atoms with Gasteiger partial charge in [-0.2, -0.15) is 4.98 Å². The smallest absolute Gasteiger partial charge is 0.258 e. The molecular weight excluding hydrogens is 438 g/mol. The van der Waals surface area contributed by atoms with Gasteiger partial charge in [-0.3, -0.25) is 4.79 Å². The van der Waals surface area contributed by atoms with Gasteiger partial charge in [0.1, 0.15) is 11.6 Å². The predicted molar refractivity (Wildman–Crippen MR) is 142 cm³/mol. The van der Waals surface area contributed by atoms with Gasteiger partial charge in [0.15, 0.2) is 6.61 Å². The molecule has 186 valence electrons. The Morgan fingerprint density at radius 2 is 1.63 bits per heavy atom. The van der Waals surface area contributed by atoms with Gasteiger partial charge in [-0.1, -0.05) is 45.0 Å². The first kappa shape index (κ1) is 24.8. The molecule has 1 saturated carbocycles. The van der Waals surface area contributed by atoms with Crippen molar-refractivity contribution in [1.29, 1.82) is 0 Å². The highest BCUT2D eigenvalue weighted by Gasteiger charge is 2.23. The Kier molecular flexibility index (Phi) is 7.43. The minimum absolute atomic E-state index is 0.0330. The topological polar surface area (TPSA) is 79.4 Å². The number of anilines is 2. The van der Waals surface area contributed by atoms with E-state index in [1.54, 1.807) is 0 Å². The minimum atomic E-state index is -0.0743. The van der Waals surface area contributed by atoms with Crippen molar-refractivity contribution in [3.63, 3.8) is 0 Å². The Labute approximate surface area is 208 Å². The van der Waals surface area contributed by atoms with Gasteiger partial charge in [0.05, 0.1) is 5.52 Å². The summed E-state index contributed by atoms with van der Waals surface area (Å²) in [6.45, 7) is 6.56. The van der Waals surface area contributed by atoms with E-state index >= 15 is 0 Å². The molecule has 3 aromatic rings. The second-order valence-corrected chi connectivity index (χ2v) is 10.6. The molecule has 7 nitrogen and oxygen atoms in total. The quantitative estimate of drug-likeness (QED) is 0.505. The molecule has 0 spiro atoms. The molecule has 2 N–H and O–H groups in total. The number of aromatic nitrogens is 2. The van der Waals surface area contributed by atoms with E-state index in [9.17, 15) is 4.79 Å². The van der Waals surface area contributed by atoms with Gasteiger partial charge in [0.2, 0.25) is 5.95 Å². The van der Waals surface area contributed by atoms with Crippen molar-refractivity contribution in [3.05, 3.63) is 54.1 Å². The zero-order valence-electron chi connectivity index (χ0n) is 21.5. The lowest BCUT2D eigenvalue weighted by atomic mass is 9.87. The predicted octanol–water partition coefficient (Wildman–Crippen LogP) is 4.91. The fraction of sp³-hybridized carbons (Fsp3) is 0.464. The zero-order chi connectivity index (χ0) is 25.0. The van der Waals surface area contributed by atoms with Gasteiger partial charge < -0.3 is 20.3 Å². The lowest BCUT2D eigenvalue weighted by molar-refractivity contribution is -0.124. The first-order chi connectivity index (χ1) is 16.7.